The van der Waals surface area contributed by atoms with E-state index in [4.69, 9.17) is 0 Å². The number of rotatable bonds is 4. The van der Waals surface area contributed by atoms with Gasteiger partial charge < -0.3 is 4.90 Å². The summed E-state index contributed by atoms with van der Waals surface area (Å²) >= 11 is 0. The van der Waals surface area contributed by atoms with E-state index in [9.17, 15) is 0 Å². The monoisotopic (exact) mass is 240 g/mol. The summed E-state index contributed by atoms with van der Waals surface area (Å²) in [5.74, 6) is 1.08. The summed E-state index contributed by atoms with van der Waals surface area (Å²) in [4.78, 5) is 5.26. The Kier molecular flexibility index (Phi) is 7.14. The highest BCUT2D eigenvalue weighted by Crippen LogP contribution is 2.29. The third kappa shape index (κ3) is 4.97. The molecule has 0 N–H and O–H groups in total. The summed E-state index contributed by atoms with van der Waals surface area (Å²) in [5, 5.41) is 0. The van der Waals surface area contributed by atoms with Crippen LogP contribution in [0.3, 0.4) is 0 Å². The zero-order valence-corrected chi connectivity index (χ0v) is 12.4. The van der Waals surface area contributed by atoms with Gasteiger partial charge in [-0.2, -0.15) is 0 Å². The smallest absolute Gasteiger partial charge is 0.0113 e. The highest BCUT2D eigenvalue weighted by atomic mass is 15.3. The molecule has 0 aromatic rings. The Bertz CT molecular complexity index is 179. The first-order valence-electron chi connectivity index (χ1n) is 7.72. The molecule has 2 nitrogen and oxygen atoms in total. The number of hydrogen-bond acceptors (Lipinski definition) is 2. The minimum Gasteiger partial charge on any atom is -0.301 e. The maximum atomic E-state index is 2.66. The quantitative estimate of drug-likeness (QED) is 0.744. The van der Waals surface area contributed by atoms with Gasteiger partial charge in [0.25, 0.3) is 0 Å². The summed E-state index contributed by atoms with van der Waals surface area (Å²) in [6.45, 7) is 15.1. The van der Waals surface area contributed by atoms with Gasteiger partial charge in [-0.15, -0.1) is 0 Å². The van der Waals surface area contributed by atoms with Crippen molar-refractivity contribution in [2.75, 3.05) is 32.7 Å². The fourth-order valence-corrected chi connectivity index (χ4v) is 2.65. The van der Waals surface area contributed by atoms with E-state index in [1.807, 2.05) is 13.8 Å². The predicted molar refractivity (Wildman–Crippen MR) is 76.5 cm³/mol. The summed E-state index contributed by atoms with van der Waals surface area (Å²) in [6, 6.07) is 0.735. The van der Waals surface area contributed by atoms with Gasteiger partial charge in [0.15, 0.2) is 0 Å². The summed E-state index contributed by atoms with van der Waals surface area (Å²) < 4.78 is 0. The number of piperazine rings is 1. The zero-order valence-electron chi connectivity index (χ0n) is 12.4. The van der Waals surface area contributed by atoms with Crippen LogP contribution in [-0.4, -0.2) is 48.6 Å². The summed E-state index contributed by atoms with van der Waals surface area (Å²) in [5.41, 5.74) is 0. The second-order valence-electron chi connectivity index (χ2n) is 5.56. The van der Waals surface area contributed by atoms with Crippen LogP contribution in [-0.2, 0) is 0 Å². The average molecular weight is 240 g/mol. The van der Waals surface area contributed by atoms with E-state index in [1.54, 1.807) is 0 Å². The molecule has 1 saturated carbocycles. The van der Waals surface area contributed by atoms with Gasteiger partial charge in [0.1, 0.15) is 0 Å². The number of nitrogens with zero attached hydrogens (tertiary/aromatic N) is 2. The second-order valence-corrected chi connectivity index (χ2v) is 5.56. The fourth-order valence-electron chi connectivity index (χ4n) is 2.65. The first kappa shape index (κ1) is 15.0. The first-order chi connectivity index (χ1) is 8.25. The Balaban J connectivity index is 0.000000686. The fraction of sp³-hybridized carbons (Fsp3) is 1.00. The lowest BCUT2D eigenvalue weighted by Crippen LogP contribution is -2.49. The standard InChI is InChI=1S/C13H26N2.C2H6/c1-12(2)15-10-8-14(9-11-15)7-6-13-4-3-5-13;1-2/h12-13H,3-11H2,1-2H3;1-2H3. The van der Waals surface area contributed by atoms with Crippen LogP contribution in [0.15, 0.2) is 0 Å². The molecule has 0 aromatic heterocycles. The number of hydrogen-bond donors (Lipinski definition) is 0. The Morgan fingerprint density at radius 2 is 1.59 bits per heavy atom. The van der Waals surface area contributed by atoms with Gasteiger partial charge in [0.05, 0.1) is 0 Å². The molecule has 0 spiro atoms. The molecule has 0 bridgehead atoms. The normalized spacial score (nSPS) is 23.1. The van der Waals surface area contributed by atoms with Gasteiger partial charge in [0.2, 0.25) is 0 Å². The average Bonchev–Trinajstić information content (AvgIpc) is 2.30. The van der Waals surface area contributed by atoms with E-state index in [0.29, 0.717) is 0 Å². The molecule has 17 heavy (non-hydrogen) atoms. The van der Waals surface area contributed by atoms with Crippen LogP contribution in [0, 0.1) is 5.92 Å². The topological polar surface area (TPSA) is 6.48 Å². The van der Waals surface area contributed by atoms with E-state index >= 15 is 0 Å². The van der Waals surface area contributed by atoms with E-state index in [0.717, 1.165) is 12.0 Å². The Morgan fingerprint density at radius 3 is 2.00 bits per heavy atom. The maximum absolute atomic E-state index is 2.66. The zero-order chi connectivity index (χ0) is 12.7. The van der Waals surface area contributed by atoms with Crippen molar-refractivity contribution in [1.29, 1.82) is 0 Å². The highest BCUT2D eigenvalue weighted by Gasteiger charge is 2.21. The van der Waals surface area contributed by atoms with Crippen molar-refractivity contribution in [3.05, 3.63) is 0 Å². The maximum Gasteiger partial charge on any atom is 0.0113 e. The first-order valence-corrected chi connectivity index (χ1v) is 7.72. The van der Waals surface area contributed by atoms with Crippen LogP contribution < -0.4 is 0 Å². The lowest BCUT2D eigenvalue weighted by atomic mass is 9.83. The molecule has 2 rings (SSSR count). The molecule has 102 valence electrons. The molecular formula is C15H32N2. The van der Waals surface area contributed by atoms with Crippen LogP contribution in [0.25, 0.3) is 0 Å². The largest absolute Gasteiger partial charge is 0.301 e. The Hall–Kier alpha value is -0.0800. The van der Waals surface area contributed by atoms with Gasteiger partial charge in [-0.1, -0.05) is 33.1 Å². The van der Waals surface area contributed by atoms with Gasteiger partial charge >= 0.3 is 0 Å². The van der Waals surface area contributed by atoms with Crippen molar-refractivity contribution >= 4 is 0 Å². The molecule has 2 fully saturated rings. The van der Waals surface area contributed by atoms with E-state index in [-0.39, 0.29) is 0 Å². The third-order valence-corrected chi connectivity index (χ3v) is 4.22. The van der Waals surface area contributed by atoms with Crippen LogP contribution in [0.1, 0.15) is 53.4 Å². The van der Waals surface area contributed by atoms with Crippen LogP contribution >= 0.6 is 0 Å². The van der Waals surface area contributed by atoms with Crippen molar-refractivity contribution in [2.45, 2.75) is 59.4 Å². The van der Waals surface area contributed by atoms with Gasteiger partial charge in [-0.3, -0.25) is 4.90 Å². The minimum absolute atomic E-state index is 0.735. The van der Waals surface area contributed by atoms with Gasteiger partial charge in [-0.25, -0.2) is 0 Å². The molecule has 0 atom stereocenters. The van der Waals surface area contributed by atoms with Crippen molar-refractivity contribution < 1.29 is 0 Å². The molecule has 0 aromatic carbocycles. The molecule has 1 aliphatic heterocycles. The Labute approximate surface area is 108 Å². The molecule has 0 radical (unpaired) electrons. The molecule has 2 aliphatic rings. The summed E-state index contributed by atoms with van der Waals surface area (Å²) in [7, 11) is 0. The molecule has 0 amide bonds. The van der Waals surface area contributed by atoms with Crippen LogP contribution in [0.2, 0.25) is 0 Å². The van der Waals surface area contributed by atoms with Crippen molar-refractivity contribution in [1.82, 2.24) is 9.80 Å². The molecule has 1 heterocycles. The van der Waals surface area contributed by atoms with E-state index in [1.165, 1.54) is 58.4 Å². The second kappa shape index (κ2) is 8.10. The molecule has 2 heteroatoms. The van der Waals surface area contributed by atoms with E-state index in [2.05, 4.69) is 23.6 Å². The Morgan fingerprint density at radius 1 is 1.00 bits per heavy atom. The SMILES string of the molecule is CC.CC(C)N1CCN(CCC2CCC2)CC1. The summed E-state index contributed by atoms with van der Waals surface area (Å²) in [6.07, 6.45) is 5.96. The highest BCUT2D eigenvalue weighted by molar-refractivity contribution is 4.76. The predicted octanol–water partition coefficient (Wildman–Crippen LogP) is 3.23. The molecule has 1 aliphatic carbocycles. The van der Waals surface area contributed by atoms with Crippen molar-refractivity contribution in [3.8, 4) is 0 Å². The van der Waals surface area contributed by atoms with Crippen LogP contribution in [0.4, 0.5) is 0 Å². The lowest BCUT2D eigenvalue weighted by Gasteiger charge is -2.38. The van der Waals surface area contributed by atoms with Gasteiger partial charge in [0, 0.05) is 32.2 Å². The molecule has 0 unspecified atom stereocenters. The van der Waals surface area contributed by atoms with Crippen LogP contribution in [0.5, 0.6) is 0 Å². The lowest BCUT2D eigenvalue weighted by molar-refractivity contribution is 0.0995. The van der Waals surface area contributed by atoms with E-state index < -0.39 is 0 Å². The molecule has 1 saturated heterocycles. The van der Waals surface area contributed by atoms with Crippen molar-refractivity contribution in [3.63, 3.8) is 0 Å². The van der Waals surface area contributed by atoms with Crippen molar-refractivity contribution in [2.24, 2.45) is 5.92 Å². The third-order valence-electron chi connectivity index (χ3n) is 4.22. The minimum atomic E-state index is 0.735. The molecular weight excluding hydrogens is 208 g/mol. The van der Waals surface area contributed by atoms with Gasteiger partial charge in [-0.05, 0) is 32.7 Å².